The molecule has 2 spiro atoms. The molecule has 240 valence electrons. The maximum Gasteiger partial charge on any atom is 0.186 e. The second-order valence-corrected chi connectivity index (χ2v) is 15.1. The number of aryl methyl sites for hydroxylation is 1. The van der Waals surface area contributed by atoms with Crippen LogP contribution < -0.4 is 10.6 Å². The lowest BCUT2D eigenvalue weighted by Gasteiger charge is -2.48. The van der Waals surface area contributed by atoms with Crippen molar-refractivity contribution in [3.8, 4) is 17.6 Å². The molecule has 2 aliphatic carbocycles. The molecule has 5 aliphatic rings. The minimum atomic E-state index is -0.400. The lowest BCUT2D eigenvalue weighted by molar-refractivity contribution is -0.211. The highest BCUT2D eigenvalue weighted by Crippen LogP contribution is 2.55. The van der Waals surface area contributed by atoms with E-state index in [1.807, 2.05) is 6.20 Å². The first kappa shape index (κ1) is 28.6. The van der Waals surface area contributed by atoms with Crippen LogP contribution in [0.3, 0.4) is 0 Å². The van der Waals surface area contributed by atoms with Crippen molar-refractivity contribution in [2.75, 3.05) is 57.1 Å². The molecule has 3 aliphatic heterocycles. The van der Waals surface area contributed by atoms with Gasteiger partial charge < -0.3 is 29.5 Å². The van der Waals surface area contributed by atoms with Crippen LogP contribution >= 0.6 is 11.3 Å². The first-order chi connectivity index (χ1) is 22.4. The zero-order valence-corrected chi connectivity index (χ0v) is 27.2. The Morgan fingerprint density at radius 2 is 2.00 bits per heavy atom. The molecular weight excluding hydrogens is 602 g/mol. The number of rotatable bonds is 4. The lowest BCUT2D eigenvalue weighted by Crippen LogP contribution is -2.63. The fourth-order valence-corrected chi connectivity index (χ4v) is 10.2. The van der Waals surface area contributed by atoms with Gasteiger partial charge in [-0.2, -0.15) is 10.4 Å². The number of fused-ring (bicyclic) bond motifs is 5. The molecule has 3 unspecified atom stereocenters. The average molecular weight is 642 g/mol. The molecule has 0 radical (unpaired) electrons. The topological polar surface area (TPSA) is 144 Å². The number of anilines is 2. The Balaban J connectivity index is 1.20. The zero-order chi connectivity index (χ0) is 31.2. The largest absolute Gasteiger partial charge is 0.389 e. The second kappa shape index (κ2) is 10.5. The highest BCUT2D eigenvalue weighted by atomic mass is 32.1. The van der Waals surface area contributed by atoms with E-state index in [4.69, 9.17) is 40.0 Å². The molecule has 13 heteroatoms. The molecular formula is C33H39N9O3S. The van der Waals surface area contributed by atoms with Gasteiger partial charge in [0.15, 0.2) is 22.9 Å². The van der Waals surface area contributed by atoms with Crippen molar-refractivity contribution in [1.82, 2.24) is 29.8 Å². The molecule has 3 fully saturated rings. The van der Waals surface area contributed by atoms with Gasteiger partial charge in [-0.15, -0.1) is 11.3 Å². The third-order valence-corrected chi connectivity index (χ3v) is 12.4. The maximum absolute atomic E-state index is 10.1. The van der Waals surface area contributed by atoms with Crippen molar-refractivity contribution < 1.29 is 14.0 Å². The summed E-state index contributed by atoms with van der Waals surface area (Å²) in [7, 11) is 2.20. The highest BCUT2D eigenvalue weighted by Gasteiger charge is 2.49. The van der Waals surface area contributed by atoms with Gasteiger partial charge in [0.05, 0.1) is 55.0 Å². The maximum atomic E-state index is 10.1. The van der Waals surface area contributed by atoms with E-state index >= 15 is 0 Å². The van der Waals surface area contributed by atoms with Crippen LogP contribution in [-0.4, -0.2) is 88.0 Å². The summed E-state index contributed by atoms with van der Waals surface area (Å²) in [6, 6.07) is 2.95. The normalized spacial score (nSPS) is 26.3. The summed E-state index contributed by atoms with van der Waals surface area (Å²) in [5.74, 6) is 2.28. The Morgan fingerprint density at radius 1 is 1.15 bits per heavy atom. The Labute approximate surface area is 271 Å². The van der Waals surface area contributed by atoms with E-state index in [2.05, 4.69) is 34.5 Å². The van der Waals surface area contributed by atoms with Crippen LogP contribution in [0.5, 0.6) is 0 Å². The van der Waals surface area contributed by atoms with Crippen molar-refractivity contribution >= 4 is 33.2 Å². The Kier molecular flexibility index (Phi) is 6.52. The van der Waals surface area contributed by atoms with Gasteiger partial charge >= 0.3 is 0 Å². The van der Waals surface area contributed by atoms with Gasteiger partial charge in [-0.1, -0.05) is 5.16 Å². The number of hydrogen-bond donors (Lipinski definition) is 1. The van der Waals surface area contributed by atoms with E-state index in [0.29, 0.717) is 54.5 Å². The molecule has 2 N–H and O–H groups in total. The zero-order valence-electron chi connectivity index (χ0n) is 26.4. The Hall–Kier alpha value is -3.57. The minimum absolute atomic E-state index is 0.139. The Morgan fingerprint density at radius 3 is 2.76 bits per heavy atom. The monoisotopic (exact) mass is 641 g/mol. The van der Waals surface area contributed by atoms with E-state index in [0.717, 1.165) is 91.8 Å². The van der Waals surface area contributed by atoms with Gasteiger partial charge in [-0.3, -0.25) is 0 Å². The summed E-state index contributed by atoms with van der Waals surface area (Å²) in [6.07, 6.45) is 9.83. The van der Waals surface area contributed by atoms with Crippen LogP contribution in [0.15, 0.2) is 10.7 Å². The van der Waals surface area contributed by atoms with E-state index in [1.165, 1.54) is 11.3 Å². The fraction of sp³-hybridized carbons (Fsp3) is 0.606. The standard InChI is InChI=1S/C33H39N9O3S/c1-19(23-7-5-11-40(23)2)42-31-22(15-36-42)30(41-12-13-44-32(16-41)17-43-18-32)37-29(38-31)26-20-6-3-9-33(27(20)45-39-26)10-4-8-24-25(33)21(14-34)28(35)46-24/h15,19,23H,3-13,16-18,35H2,1-2H3. The van der Waals surface area contributed by atoms with Crippen molar-refractivity contribution in [2.24, 2.45) is 0 Å². The quantitative estimate of drug-likeness (QED) is 0.342. The fourth-order valence-electron chi connectivity index (χ4n) is 9.01. The average Bonchev–Trinajstić information content (AvgIpc) is 3.85. The third-order valence-electron chi connectivity index (χ3n) is 11.3. The first-order valence-corrected chi connectivity index (χ1v) is 17.5. The van der Waals surface area contributed by atoms with E-state index in [9.17, 15) is 5.26 Å². The number of nitrogens with zero attached hydrogens (tertiary/aromatic N) is 8. The van der Waals surface area contributed by atoms with Crippen LogP contribution in [0, 0.1) is 11.3 Å². The van der Waals surface area contributed by atoms with Gasteiger partial charge in [-0.05, 0) is 77.4 Å². The number of likely N-dealkylation sites (N-methyl/N-ethyl adjacent to an activating group) is 1. The number of hydrogen-bond acceptors (Lipinski definition) is 12. The summed E-state index contributed by atoms with van der Waals surface area (Å²) in [4.78, 5) is 16.5. The predicted octanol–water partition coefficient (Wildman–Crippen LogP) is 4.22. The van der Waals surface area contributed by atoms with Gasteiger partial charge in [0.1, 0.15) is 22.5 Å². The molecule has 0 aromatic carbocycles. The highest BCUT2D eigenvalue weighted by molar-refractivity contribution is 7.16. The molecule has 7 heterocycles. The van der Waals surface area contributed by atoms with Crippen molar-refractivity contribution in [3.63, 3.8) is 0 Å². The molecule has 0 bridgehead atoms. The molecule has 0 amide bonds. The van der Waals surface area contributed by atoms with E-state index in [1.54, 1.807) is 11.3 Å². The number of nitrogen functional groups attached to an aromatic ring is 1. The second-order valence-electron chi connectivity index (χ2n) is 14.0. The van der Waals surface area contributed by atoms with Crippen molar-refractivity contribution in [2.45, 2.75) is 81.4 Å². The third kappa shape index (κ3) is 4.06. The van der Waals surface area contributed by atoms with Crippen LogP contribution in [-0.2, 0) is 27.7 Å². The van der Waals surface area contributed by atoms with Gasteiger partial charge in [0, 0.05) is 23.0 Å². The molecule has 3 atom stereocenters. The number of nitrogens with two attached hydrogens (primary N) is 1. The molecule has 46 heavy (non-hydrogen) atoms. The van der Waals surface area contributed by atoms with Gasteiger partial charge in [0.25, 0.3) is 0 Å². The van der Waals surface area contributed by atoms with Gasteiger partial charge in [-0.25, -0.2) is 14.6 Å². The number of ether oxygens (including phenoxy) is 2. The molecule has 12 nitrogen and oxygen atoms in total. The minimum Gasteiger partial charge on any atom is -0.389 e. The molecule has 0 saturated carbocycles. The summed E-state index contributed by atoms with van der Waals surface area (Å²) in [6.45, 7) is 6.55. The van der Waals surface area contributed by atoms with E-state index < -0.39 is 5.41 Å². The van der Waals surface area contributed by atoms with Crippen LogP contribution in [0.1, 0.15) is 78.8 Å². The van der Waals surface area contributed by atoms with Gasteiger partial charge in [0.2, 0.25) is 0 Å². The number of aromatic nitrogens is 5. The molecule has 3 saturated heterocycles. The van der Waals surface area contributed by atoms with Crippen LogP contribution in [0.4, 0.5) is 10.8 Å². The smallest absolute Gasteiger partial charge is 0.186 e. The van der Waals surface area contributed by atoms with Crippen molar-refractivity contribution in [1.29, 1.82) is 5.26 Å². The SMILES string of the molecule is CC(C1CCCN1C)n1ncc2c(N3CCOC4(COC4)C3)nc(-c3noc4c3CCCC43CCCc4sc(N)c(C#N)c43)nc21. The molecule has 4 aromatic rings. The number of nitriles is 1. The van der Waals surface area contributed by atoms with E-state index in [-0.39, 0.29) is 11.6 Å². The first-order valence-electron chi connectivity index (χ1n) is 16.6. The van der Waals surface area contributed by atoms with Crippen LogP contribution in [0.25, 0.3) is 22.6 Å². The molecule has 9 rings (SSSR count). The summed E-state index contributed by atoms with van der Waals surface area (Å²) in [5.41, 5.74) is 9.94. The number of likely N-dealkylation sites (tertiary alicyclic amines) is 1. The van der Waals surface area contributed by atoms with Crippen LogP contribution in [0.2, 0.25) is 0 Å². The summed E-state index contributed by atoms with van der Waals surface area (Å²) < 4.78 is 20.2. The number of morpholine rings is 1. The van der Waals surface area contributed by atoms with Crippen molar-refractivity contribution in [3.05, 3.63) is 33.5 Å². The lowest BCUT2D eigenvalue weighted by atomic mass is 9.63. The Bertz CT molecular complexity index is 1880. The number of thiophene rings is 1. The molecule has 4 aromatic heterocycles. The summed E-state index contributed by atoms with van der Waals surface area (Å²) in [5, 5.41) is 21.4. The summed E-state index contributed by atoms with van der Waals surface area (Å²) >= 11 is 1.56. The predicted molar refractivity (Wildman–Crippen MR) is 173 cm³/mol.